The van der Waals surface area contributed by atoms with Gasteiger partial charge >= 0.3 is 6.61 Å². The first-order chi connectivity index (χ1) is 9.56. The second-order valence-corrected chi connectivity index (χ2v) is 4.40. The van der Waals surface area contributed by atoms with Gasteiger partial charge in [0.15, 0.2) is 0 Å². The number of nitrogens with one attached hydrogen (secondary N) is 1. The Morgan fingerprint density at radius 2 is 1.85 bits per heavy atom. The van der Waals surface area contributed by atoms with Crippen molar-refractivity contribution in [2.24, 2.45) is 0 Å². The van der Waals surface area contributed by atoms with Crippen LogP contribution in [0.4, 0.5) is 14.5 Å². The normalized spacial score (nSPS) is 10.6. The molecule has 0 radical (unpaired) electrons. The molecule has 0 aliphatic carbocycles. The number of phenolic OH excluding ortho intramolecular Hbond substituents is 1. The molecule has 0 heterocycles. The number of benzene rings is 2. The van der Waals surface area contributed by atoms with Gasteiger partial charge in [-0.05, 0) is 36.4 Å². The number of ether oxygens (including phenoxy) is 1. The minimum atomic E-state index is -2.84. The van der Waals surface area contributed by atoms with Crippen LogP contribution in [0, 0.1) is 0 Å². The lowest BCUT2D eigenvalue weighted by atomic mass is 10.2. The van der Waals surface area contributed by atoms with E-state index in [-0.39, 0.29) is 11.5 Å². The maximum Gasteiger partial charge on any atom is 0.387 e. The first-order valence-corrected chi connectivity index (χ1v) is 6.19. The number of alkyl halides is 2. The summed E-state index contributed by atoms with van der Waals surface area (Å²) in [6.07, 6.45) is 0. The first kappa shape index (κ1) is 14.4. The van der Waals surface area contributed by atoms with Crippen molar-refractivity contribution in [1.29, 1.82) is 0 Å². The molecule has 2 aromatic rings. The second kappa shape index (κ2) is 6.43. The van der Waals surface area contributed by atoms with Crippen molar-refractivity contribution in [2.75, 3.05) is 5.32 Å². The van der Waals surface area contributed by atoms with E-state index in [4.69, 9.17) is 11.6 Å². The summed E-state index contributed by atoms with van der Waals surface area (Å²) in [6, 6.07) is 10.9. The summed E-state index contributed by atoms with van der Waals surface area (Å²) in [4.78, 5) is 0. The maximum atomic E-state index is 12.0. The van der Waals surface area contributed by atoms with Crippen LogP contribution in [0.2, 0.25) is 5.02 Å². The molecule has 0 fully saturated rings. The molecule has 0 saturated heterocycles. The molecule has 2 rings (SSSR count). The largest absolute Gasteiger partial charge is 0.508 e. The van der Waals surface area contributed by atoms with Crippen molar-refractivity contribution < 1.29 is 18.6 Å². The zero-order chi connectivity index (χ0) is 14.5. The molecule has 0 bridgehead atoms. The Morgan fingerprint density at radius 1 is 1.15 bits per heavy atom. The SMILES string of the molecule is Oc1cccc(Cl)c1CNc1ccc(OC(F)F)cc1. The molecule has 0 amide bonds. The Hall–Kier alpha value is -2.01. The zero-order valence-electron chi connectivity index (χ0n) is 10.3. The summed E-state index contributed by atoms with van der Waals surface area (Å²) in [7, 11) is 0. The van der Waals surface area contributed by atoms with Crippen LogP contribution in [-0.2, 0) is 6.54 Å². The molecule has 0 unspecified atom stereocenters. The van der Waals surface area contributed by atoms with E-state index < -0.39 is 6.61 Å². The molecule has 0 aliphatic heterocycles. The molecule has 2 N–H and O–H groups in total. The van der Waals surface area contributed by atoms with Crippen LogP contribution in [0.5, 0.6) is 11.5 Å². The van der Waals surface area contributed by atoms with E-state index in [0.717, 1.165) is 0 Å². The summed E-state index contributed by atoms with van der Waals surface area (Å²) >= 11 is 5.97. The Balaban J connectivity index is 2.00. The number of anilines is 1. The highest BCUT2D eigenvalue weighted by molar-refractivity contribution is 6.31. The molecule has 0 aliphatic rings. The van der Waals surface area contributed by atoms with E-state index in [9.17, 15) is 13.9 Å². The second-order valence-electron chi connectivity index (χ2n) is 3.99. The minimum absolute atomic E-state index is 0.0890. The summed E-state index contributed by atoms with van der Waals surface area (Å²) in [6.45, 7) is -2.52. The average Bonchev–Trinajstić information content (AvgIpc) is 2.39. The van der Waals surface area contributed by atoms with Crippen LogP contribution in [0.3, 0.4) is 0 Å². The fourth-order valence-electron chi connectivity index (χ4n) is 1.67. The summed E-state index contributed by atoms with van der Waals surface area (Å²) in [5.41, 5.74) is 1.27. The van der Waals surface area contributed by atoms with Crippen molar-refractivity contribution >= 4 is 17.3 Å². The molecular weight excluding hydrogens is 288 g/mol. The third kappa shape index (κ3) is 3.74. The van der Waals surface area contributed by atoms with Gasteiger partial charge in [-0.25, -0.2) is 0 Å². The molecule has 106 valence electrons. The molecule has 0 saturated carbocycles. The fraction of sp³-hybridized carbons (Fsp3) is 0.143. The van der Waals surface area contributed by atoms with E-state index in [0.29, 0.717) is 22.8 Å². The van der Waals surface area contributed by atoms with Gasteiger partial charge in [-0.15, -0.1) is 0 Å². The van der Waals surface area contributed by atoms with Gasteiger partial charge in [0.05, 0.1) is 0 Å². The van der Waals surface area contributed by atoms with Gasteiger partial charge in [0.1, 0.15) is 11.5 Å². The van der Waals surface area contributed by atoms with Crippen molar-refractivity contribution in [3.05, 3.63) is 53.1 Å². The summed E-state index contributed by atoms with van der Waals surface area (Å²) in [5.74, 6) is 0.189. The van der Waals surface area contributed by atoms with E-state index in [2.05, 4.69) is 10.1 Å². The number of rotatable bonds is 5. The van der Waals surface area contributed by atoms with Gasteiger partial charge in [0.2, 0.25) is 0 Å². The van der Waals surface area contributed by atoms with Crippen LogP contribution in [-0.4, -0.2) is 11.7 Å². The number of halogens is 3. The standard InChI is InChI=1S/C14H12ClF2NO2/c15-12-2-1-3-13(19)11(12)8-18-9-4-6-10(7-5-9)20-14(16)17/h1-7,14,18-19H,8H2. The predicted molar refractivity (Wildman–Crippen MR) is 73.5 cm³/mol. The summed E-state index contributed by atoms with van der Waals surface area (Å²) in [5, 5.41) is 13.2. The van der Waals surface area contributed by atoms with Gasteiger partial charge in [-0.1, -0.05) is 17.7 Å². The Morgan fingerprint density at radius 3 is 2.45 bits per heavy atom. The highest BCUT2D eigenvalue weighted by Crippen LogP contribution is 2.26. The first-order valence-electron chi connectivity index (χ1n) is 5.81. The highest BCUT2D eigenvalue weighted by atomic mass is 35.5. The minimum Gasteiger partial charge on any atom is -0.508 e. The smallest absolute Gasteiger partial charge is 0.387 e. The Bertz CT molecular complexity index is 556. The van der Waals surface area contributed by atoms with Crippen molar-refractivity contribution in [1.82, 2.24) is 0 Å². The van der Waals surface area contributed by atoms with E-state index in [1.165, 1.54) is 12.1 Å². The van der Waals surface area contributed by atoms with Crippen LogP contribution in [0.1, 0.15) is 5.56 Å². The number of hydrogen-bond donors (Lipinski definition) is 2. The molecule has 20 heavy (non-hydrogen) atoms. The zero-order valence-corrected chi connectivity index (χ0v) is 11.1. The number of hydrogen-bond acceptors (Lipinski definition) is 3. The molecule has 6 heteroatoms. The molecule has 0 spiro atoms. The van der Waals surface area contributed by atoms with Crippen molar-refractivity contribution in [2.45, 2.75) is 13.2 Å². The Kier molecular flexibility index (Phi) is 4.63. The maximum absolute atomic E-state index is 12.0. The monoisotopic (exact) mass is 299 g/mol. The third-order valence-corrected chi connectivity index (χ3v) is 3.00. The third-order valence-electron chi connectivity index (χ3n) is 2.64. The number of aromatic hydroxyl groups is 1. The van der Waals surface area contributed by atoms with Gasteiger partial charge in [0.25, 0.3) is 0 Å². The van der Waals surface area contributed by atoms with E-state index in [1.807, 2.05) is 0 Å². The molecule has 0 aromatic heterocycles. The van der Waals surface area contributed by atoms with Gasteiger partial charge in [-0.2, -0.15) is 8.78 Å². The van der Waals surface area contributed by atoms with E-state index >= 15 is 0 Å². The van der Waals surface area contributed by atoms with Crippen molar-refractivity contribution in [3.63, 3.8) is 0 Å². The van der Waals surface area contributed by atoms with Gasteiger partial charge in [0, 0.05) is 22.8 Å². The van der Waals surface area contributed by atoms with Crippen LogP contribution >= 0.6 is 11.6 Å². The quantitative estimate of drug-likeness (QED) is 0.867. The van der Waals surface area contributed by atoms with Crippen LogP contribution in [0.15, 0.2) is 42.5 Å². The highest BCUT2D eigenvalue weighted by Gasteiger charge is 2.06. The van der Waals surface area contributed by atoms with E-state index in [1.54, 1.807) is 30.3 Å². The van der Waals surface area contributed by atoms with Gasteiger partial charge in [-0.3, -0.25) is 0 Å². The lowest BCUT2D eigenvalue weighted by molar-refractivity contribution is -0.0498. The van der Waals surface area contributed by atoms with Crippen LogP contribution < -0.4 is 10.1 Å². The summed E-state index contributed by atoms with van der Waals surface area (Å²) < 4.78 is 28.2. The predicted octanol–water partition coefficient (Wildman–Crippen LogP) is 4.26. The topological polar surface area (TPSA) is 41.5 Å². The van der Waals surface area contributed by atoms with Gasteiger partial charge < -0.3 is 15.2 Å². The lowest BCUT2D eigenvalue weighted by Crippen LogP contribution is -2.03. The lowest BCUT2D eigenvalue weighted by Gasteiger charge is -2.10. The van der Waals surface area contributed by atoms with Crippen LogP contribution in [0.25, 0.3) is 0 Å². The molecule has 2 aromatic carbocycles. The average molecular weight is 300 g/mol. The molecule has 3 nitrogen and oxygen atoms in total. The number of phenols is 1. The Labute approximate surface area is 119 Å². The van der Waals surface area contributed by atoms with Crippen molar-refractivity contribution in [3.8, 4) is 11.5 Å². The molecule has 0 atom stereocenters. The fourth-order valence-corrected chi connectivity index (χ4v) is 1.90. The molecular formula is C14H12ClF2NO2.